The first-order valence-electron chi connectivity index (χ1n) is 8.50. The summed E-state index contributed by atoms with van der Waals surface area (Å²) in [5.41, 5.74) is 0.999. The zero-order valence-electron chi connectivity index (χ0n) is 13.6. The topological polar surface area (TPSA) is 62.2 Å². The number of likely N-dealkylation sites (N-methyl/N-ethyl adjacent to an activating group) is 1. The molecule has 2 heterocycles. The van der Waals surface area contributed by atoms with Gasteiger partial charge in [0.25, 0.3) is 0 Å². The number of methoxy groups -OCH3 is 1. The van der Waals surface area contributed by atoms with E-state index in [1.165, 1.54) is 5.56 Å². The molecular weight excluding hydrogens is 294 g/mol. The van der Waals surface area contributed by atoms with Gasteiger partial charge in [-0.25, -0.2) is 0 Å². The van der Waals surface area contributed by atoms with E-state index in [0.29, 0.717) is 18.6 Å². The van der Waals surface area contributed by atoms with Crippen molar-refractivity contribution < 1.29 is 19.7 Å². The number of likely N-dealkylation sites (tertiary alicyclic amines) is 1. The number of benzene rings is 1. The van der Waals surface area contributed by atoms with Crippen LogP contribution in [-0.2, 0) is 11.8 Å². The van der Waals surface area contributed by atoms with Crippen LogP contribution in [0.1, 0.15) is 30.4 Å². The zero-order chi connectivity index (χ0) is 16.0. The van der Waals surface area contributed by atoms with Gasteiger partial charge in [-0.1, -0.05) is 6.07 Å². The first-order valence-corrected chi connectivity index (χ1v) is 8.50. The lowest BCUT2D eigenvalue weighted by Gasteiger charge is -2.63. The Bertz CT molecular complexity index is 692. The molecule has 0 aromatic heterocycles. The minimum atomic E-state index is -0.839. The summed E-state index contributed by atoms with van der Waals surface area (Å²) in [4.78, 5) is 2.28. The molecule has 1 aromatic rings. The van der Waals surface area contributed by atoms with Crippen LogP contribution in [-0.4, -0.2) is 59.7 Å². The van der Waals surface area contributed by atoms with Crippen molar-refractivity contribution in [2.75, 3.05) is 20.7 Å². The molecule has 23 heavy (non-hydrogen) atoms. The molecule has 2 aliphatic carbocycles. The van der Waals surface area contributed by atoms with Gasteiger partial charge in [0.15, 0.2) is 11.5 Å². The number of hydrogen-bond donors (Lipinski definition) is 2. The van der Waals surface area contributed by atoms with E-state index in [1.807, 2.05) is 6.07 Å². The molecular formula is C18H23NO4. The van der Waals surface area contributed by atoms with Gasteiger partial charge >= 0.3 is 0 Å². The Morgan fingerprint density at radius 3 is 2.96 bits per heavy atom. The summed E-state index contributed by atoms with van der Waals surface area (Å²) in [7, 11) is 3.74. The third kappa shape index (κ3) is 1.37. The minimum absolute atomic E-state index is 0.0849. The van der Waals surface area contributed by atoms with Crippen molar-refractivity contribution in [2.24, 2.45) is 0 Å². The molecule has 2 fully saturated rings. The average molecular weight is 317 g/mol. The van der Waals surface area contributed by atoms with Gasteiger partial charge in [0.1, 0.15) is 6.10 Å². The number of aliphatic hydroxyl groups excluding tert-OH is 1. The molecule has 1 spiro atoms. The highest BCUT2D eigenvalue weighted by Crippen LogP contribution is 2.65. The van der Waals surface area contributed by atoms with Crippen LogP contribution < -0.4 is 9.47 Å². The Hall–Kier alpha value is -1.30. The maximum Gasteiger partial charge on any atom is 0.166 e. The van der Waals surface area contributed by atoms with E-state index in [2.05, 4.69) is 18.0 Å². The molecule has 1 saturated carbocycles. The predicted molar refractivity (Wildman–Crippen MR) is 84.0 cm³/mol. The SMILES string of the molecule is COc1ccc2c3c1O[C@H]1[C@H](O)CC[C@@]4(O)[C@@H](C2)N(C)CC[C@]314. The van der Waals surface area contributed by atoms with E-state index in [9.17, 15) is 10.2 Å². The summed E-state index contributed by atoms with van der Waals surface area (Å²) in [6.45, 7) is 0.912. The van der Waals surface area contributed by atoms with E-state index < -0.39 is 17.1 Å². The van der Waals surface area contributed by atoms with Crippen molar-refractivity contribution >= 4 is 0 Å². The first-order chi connectivity index (χ1) is 11.0. The molecule has 2 aliphatic heterocycles. The lowest BCUT2D eigenvalue weighted by Crippen LogP contribution is -2.76. The van der Waals surface area contributed by atoms with Crippen molar-refractivity contribution in [1.82, 2.24) is 4.90 Å². The van der Waals surface area contributed by atoms with Crippen LogP contribution in [0.4, 0.5) is 0 Å². The normalized spacial score (nSPS) is 43.7. The van der Waals surface area contributed by atoms with Gasteiger partial charge in [0.05, 0.1) is 24.2 Å². The van der Waals surface area contributed by atoms with Crippen LogP contribution in [0.3, 0.4) is 0 Å². The molecule has 5 heteroatoms. The average Bonchev–Trinajstić information content (AvgIpc) is 2.90. The van der Waals surface area contributed by atoms with Crippen molar-refractivity contribution in [2.45, 2.75) is 54.9 Å². The third-order valence-electron chi connectivity index (χ3n) is 6.90. The van der Waals surface area contributed by atoms with Crippen LogP contribution in [0.25, 0.3) is 0 Å². The van der Waals surface area contributed by atoms with Gasteiger partial charge in [0, 0.05) is 11.6 Å². The number of ether oxygens (including phenoxy) is 2. The molecule has 4 aliphatic rings. The zero-order valence-corrected chi connectivity index (χ0v) is 13.6. The lowest BCUT2D eigenvalue weighted by atomic mass is 9.49. The molecule has 5 rings (SSSR count). The van der Waals surface area contributed by atoms with Crippen molar-refractivity contribution in [3.8, 4) is 11.5 Å². The molecule has 0 unspecified atom stereocenters. The molecule has 1 aromatic carbocycles. The highest BCUT2D eigenvalue weighted by molar-refractivity contribution is 5.62. The van der Waals surface area contributed by atoms with Crippen LogP contribution >= 0.6 is 0 Å². The van der Waals surface area contributed by atoms with Crippen LogP contribution in [0, 0.1) is 0 Å². The largest absolute Gasteiger partial charge is 0.493 e. The standard InChI is InChI=1S/C18H23NO4/c1-19-8-7-17-14-10-3-4-12(22-2)15(14)23-16(17)11(20)5-6-18(17,21)13(19)9-10/h3-4,11,13,16,20-21H,5-9H2,1-2H3/t11-,13-,16+,17+,18-/m1/s1. The summed E-state index contributed by atoms with van der Waals surface area (Å²) in [6, 6.07) is 4.15. The van der Waals surface area contributed by atoms with E-state index in [1.54, 1.807) is 7.11 Å². The van der Waals surface area contributed by atoms with E-state index >= 15 is 0 Å². The van der Waals surface area contributed by atoms with Gasteiger partial charge in [-0.3, -0.25) is 0 Å². The van der Waals surface area contributed by atoms with Gasteiger partial charge in [0.2, 0.25) is 0 Å². The fourth-order valence-corrected chi connectivity index (χ4v) is 5.88. The maximum absolute atomic E-state index is 11.8. The van der Waals surface area contributed by atoms with Gasteiger partial charge in [-0.05, 0) is 50.9 Å². The Morgan fingerprint density at radius 2 is 2.17 bits per heavy atom. The van der Waals surface area contributed by atoms with E-state index in [-0.39, 0.29) is 12.1 Å². The second kappa shape index (κ2) is 4.21. The third-order valence-corrected chi connectivity index (χ3v) is 6.90. The second-order valence-corrected chi connectivity index (χ2v) is 7.62. The molecule has 0 amide bonds. The highest BCUT2D eigenvalue weighted by atomic mass is 16.5. The fourth-order valence-electron chi connectivity index (χ4n) is 5.88. The number of hydrogen-bond acceptors (Lipinski definition) is 5. The number of rotatable bonds is 1. The summed E-state index contributed by atoms with van der Waals surface area (Å²) < 4.78 is 11.8. The Morgan fingerprint density at radius 1 is 1.35 bits per heavy atom. The van der Waals surface area contributed by atoms with Gasteiger partial charge in [-0.2, -0.15) is 0 Å². The Balaban J connectivity index is 1.84. The highest BCUT2D eigenvalue weighted by Gasteiger charge is 2.72. The summed E-state index contributed by atoms with van der Waals surface area (Å²) in [6.07, 6.45) is 1.93. The minimum Gasteiger partial charge on any atom is -0.493 e. The first kappa shape index (κ1) is 14.1. The molecule has 5 atom stereocenters. The van der Waals surface area contributed by atoms with E-state index in [4.69, 9.17) is 9.47 Å². The number of aliphatic hydroxyl groups is 2. The fraction of sp³-hybridized carbons (Fsp3) is 0.667. The van der Waals surface area contributed by atoms with Gasteiger partial charge in [-0.15, -0.1) is 0 Å². The second-order valence-electron chi connectivity index (χ2n) is 7.62. The lowest BCUT2D eigenvalue weighted by molar-refractivity contribution is -0.204. The summed E-state index contributed by atoms with van der Waals surface area (Å²) in [5, 5.41) is 22.4. The monoisotopic (exact) mass is 317 g/mol. The molecule has 1 saturated heterocycles. The van der Waals surface area contributed by atoms with Crippen molar-refractivity contribution in [1.29, 1.82) is 0 Å². The Labute approximate surface area is 135 Å². The quantitative estimate of drug-likeness (QED) is 0.804. The molecule has 124 valence electrons. The molecule has 5 nitrogen and oxygen atoms in total. The predicted octanol–water partition coefficient (Wildman–Crippen LogP) is 0.840. The van der Waals surface area contributed by atoms with E-state index in [0.717, 1.165) is 30.7 Å². The van der Waals surface area contributed by atoms with Crippen molar-refractivity contribution in [3.63, 3.8) is 0 Å². The van der Waals surface area contributed by atoms with Gasteiger partial charge < -0.3 is 24.6 Å². The smallest absolute Gasteiger partial charge is 0.166 e. The summed E-state index contributed by atoms with van der Waals surface area (Å²) in [5.74, 6) is 1.46. The molecule has 2 N–H and O–H groups in total. The number of piperidine rings is 1. The maximum atomic E-state index is 11.8. The summed E-state index contributed by atoms with van der Waals surface area (Å²) >= 11 is 0. The number of nitrogens with zero attached hydrogens (tertiary/aromatic N) is 1. The Kier molecular flexibility index (Phi) is 2.57. The van der Waals surface area contributed by atoms with Crippen LogP contribution in [0.2, 0.25) is 0 Å². The molecule has 0 radical (unpaired) electrons. The van der Waals surface area contributed by atoms with Crippen molar-refractivity contribution in [3.05, 3.63) is 23.3 Å². The molecule has 2 bridgehead atoms. The van der Waals surface area contributed by atoms with Crippen LogP contribution in [0.5, 0.6) is 11.5 Å². The van der Waals surface area contributed by atoms with Crippen LogP contribution in [0.15, 0.2) is 12.1 Å².